The van der Waals surface area contributed by atoms with Crippen LogP contribution in [0.2, 0.25) is 0 Å². The summed E-state index contributed by atoms with van der Waals surface area (Å²) < 4.78 is 6.82. The highest BCUT2D eigenvalue weighted by atomic mass is 16.3. The lowest BCUT2D eigenvalue weighted by atomic mass is 10.2. The van der Waals surface area contributed by atoms with E-state index in [4.69, 9.17) is 4.42 Å². The zero-order valence-electron chi connectivity index (χ0n) is 12.9. The fraction of sp³-hybridized carbons (Fsp3) is 0.250. The number of carbonyl (C=O) groups excluding carboxylic acids is 1. The molecule has 4 rings (SSSR count). The molecule has 24 heavy (non-hydrogen) atoms. The van der Waals surface area contributed by atoms with Crippen LogP contribution in [0.5, 0.6) is 0 Å². The van der Waals surface area contributed by atoms with Gasteiger partial charge in [0.2, 0.25) is 0 Å². The molecule has 8 heteroatoms. The molecule has 0 N–H and O–H groups in total. The van der Waals surface area contributed by atoms with Gasteiger partial charge in [-0.25, -0.2) is 15.0 Å². The zero-order valence-corrected chi connectivity index (χ0v) is 12.9. The van der Waals surface area contributed by atoms with Gasteiger partial charge in [-0.3, -0.25) is 9.36 Å². The Kier molecular flexibility index (Phi) is 3.70. The average Bonchev–Trinajstić information content (AvgIpc) is 3.35. The topological polar surface area (TPSA) is 80.3 Å². The third-order valence-corrected chi connectivity index (χ3v) is 4.07. The SMILES string of the molecule is O=C(c1ccoc1)N1CCN(c2cc(-n3ccnc3)ncn2)CC1. The van der Waals surface area contributed by atoms with Gasteiger partial charge in [-0.1, -0.05) is 0 Å². The Morgan fingerprint density at radius 3 is 2.67 bits per heavy atom. The van der Waals surface area contributed by atoms with Crippen molar-refractivity contribution >= 4 is 11.7 Å². The molecule has 0 saturated carbocycles. The number of furan rings is 1. The Hall–Kier alpha value is -3.16. The third kappa shape index (κ3) is 2.73. The van der Waals surface area contributed by atoms with Crippen molar-refractivity contribution in [3.05, 3.63) is 55.3 Å². The van der Waals surface area contributed by atoms with Crippen molar-refractivity contribution < 1.29 is 9.21 Å². The fourth-order valence-corrected chi connectivity index (χ4v) is 2.75. The van der Waals surface area contributed by atoms with E-state index in [-0.39, 0.29) is 5.91 Å². The maximum absolute atomic E-state index is 12.3. The molecule has 0 aliphatic carbocycles. The summed E-state index contributed by atoms with van der Waals surface area (Å²) in [6, 6.07) is 3.62. The minimum atomic E-state index is 0.00481. The second-order valence-electron chi connectivity index (χ2n) is 5.50. The van der Waals surface area contributed by atoms with E-state index in [1.165, 1.54) is 12.5 Å². The molecule has 3 aromatic heterocycles. The number of hydrogen-bond donors (Lipinski definition) is 0. The number of anilines is 1. The number of aromatic nitrogens is 4. The van der Waals surface area contributed by atoms with E-state index in [2.05, 4.69) is 19.9 Å². The van der Waals surface area contributed by atoms with Gasteiger partial charge < -0.3 is 14.2 Å². The van der Waals surface area contributed by atoms with Gasteiger partial charge in [-0.15, -0.1) is 0 Å². The first kappa shape index (κ1) is 14.4. The normalized spacial score (nSPS) is 14.8. The van der Waals surface area contributed by atoms with Crippen LogP contribution in [0.15, 0.2) is 54.1 Å². The van der Waals surface area contributed by atoms with E-state index >= 15 is 0 Å². The molecule has 1 aliphatic rings. The Morgan fingerprint density at radius 2 is 1.96 bits per heavy atom. The number of piperazine rings is 1. The van der Waals surface area contributed by atoms with Gasteiger partial charge in [-0.05, 0) is 6.07 Å². The van der Waals surface area contributed by atoms with E-state index in [0.29, 0.717) is 18.7 Å². The third-order valence-electron chi connectivity index (χ3n) is 4.07. The number of carbonyl (C=O) groups is 1. The fourth-order valence-electron chi connectivity index (χ4n) is 2.75. The Bertz CT molecular complexity index is 807. The molecule has 1 amide bonds. The molecular weight excluding hydrogens is 308 g/mol. The van der Waals surface area contributed by atoms with E-state index < -0.39 is 0 Å². The Morgan fingerprint density at radius 1 is 1.12 bits per heavy atom. The van der Waals surface area contributed by atoms with Crippen molar-refractivity contribution in [2.75, 3.05) is 31.1 Å². The molecule has 1 saturated heterocycles. The molecule has 0 bridgehead atoms. The lowest BCUT2D eigenvalue weighted by Crippen LogP contribution is -2.49. The minimum Gasteiger partial charge on any atom is -0.472 e. The lowest BCUT2D eigenvalue weighted by Gasteiger charge is -2.35. The highest BCUT2D eigenvalue weighted by Crippen LogP contribution is 2.17. The van der Waals surface area contributed by atoms with Crippen molar-refractivity contribution in [2.45, 2.75) is 0 Å². The van der Waals surface area contributed by atoms with Crippen LogP contribution in [0.3, 0.4) is 0 Å². The van der Waals surface area contributed by atoms with E-state index in [1.54, 1.807) is 24.9 Å². The van der Waals surface area contributed by atoms with Crippen LogP contribution in [0.1, 0.15) is 10.4 Å². The molecule has 122 valence electrons. The van der Waals surface area contributed by atoms with Crippen molar-refractivity contribution in [2.24, 2.45) is 0 Å². The Labute approximate surface area is 138 Å². The van der Waals surface area contributed by atoms with Gasteiger partial charge >= 0.3 is 0 Å². The van der Waals surface area contributed by atoms with Crippen LogP contribution < -0.4 is 4.90 Å². The van der Waals surface area contributed by atoms with Crippen LogP contribution in [-0.4, -0.2) is 56.5 Å². The van der Waals surface area contributed by atoms with E-state index in [0.717, 1.165) is 24.7 Å². The first-order chi connectivity index (χ1) is 11.8. The van der Waals surface area contributed by atoms with Gasteiger partial charge in [0.15, 0.2) is 0 Å². The smallest absolute Gasteiger partial charge is 0.257 e. The summed E-state index contributed by atoms with van der Waals surface area (Å²) in [6.45, 7) is 2.75. The molecule has 0 unspecified atom stereocenters. The predicted molar refractivity (Wildman–Crippen MR) is 86.0 cm³/mol. The highest BCUT2D eigenvalue weighted by Gasteiger charge is 2.23. The quantitative estimate of drug-likeness (QED) is 0.720. The monoisotopic (exact) mass is 324 g/mol. The highest BCUT2D eigenvalue weighted by molar-refractivity contribution is 5.94. The summed E-state index contributed by atoms with van der Waals surface area (Å²) in [5.41, 5.74) is 0.591. The second kappa shape index (κ2) is 6.15. The maximum atomic E-state index is 12.3. The van der Waals surface area contributed by atoms with E-state index in [1.807, 2.05) is 21.7 Å². The number of nitrogens with zero attached hydrogens (tertiary/aromatic N) is 6. The van der Waals surface area contributed by atoms with Gasteiger partial charge in [0.1, 0.15) is 30.6 Å². The summed E-state index contributed by atoms with van der Waals surface area (Å²) in [4.78, 5) is 29.0. The molecule has 0 radical (unpaired) electrons. The van der Waals surface area contributed by atoms with Crippen molar-refractivity contribution in [1.82, 2.24) is 24.4 Å². The first-order valence-electron chi connectivity index (χ1n) is 7.68. The molecule has 0 atom stereocenters. The number of rotatable bonds is 3. The predicted octanol–water partition coefficient (Wildman–Crippen LogP) is 1.22. The van der Waals surface area contributed by atoms with Crippen molar-refractivity contribution in [3.63, 3.8) is 0 Å². The standard InChI is InChI=1S/C16H16N6O2/c23-16(13-1-8-24-10-13)21-6-4-20(5-7-21)14-9-15(19-11-18-14)22-3-2-17-12-22/h1-3,8-12H,4-7H2. The number of amides is 1. The minimum absolute atomic E-state index is 0.00481. The van der Waals surface area contributed by atoms with Gasteiger partial charge in [0.25, 0.3) is 5.91 Å². The molecule has 0 spiro atoms. The van der Waals surface area contributed by atoms with Gasteiger partial charge in [-0.2, -0.15) is 0 Å². The van der Waals surface area contributed by atoms with Crippen LogP contribution in [0, 0.1) is 0 Å². The Balaban J connectivity index is 1.44. The lowest BCUT2D eigenvalue weighted by molar-refractivity contribution is 0.0746. The van der Waals surface area contributed by atoms with Crippen LogP contribution >= 0.6 is 0 Å². The average molecular weight is 324 g/mol. The molecule has 1 fully saturated rings. The molecule has 3 aromatic rings. The molecule has 4 heterocycles. The molecule has 0 aromatic carbocycles. The number of hydrogen-bond acceptors (Lipinski definition) is 6. The van der Waals surface area contributed by atoms with Crippen LogP contribution in [-0.2, 0) is 0 Å². The summed E-state index contributed by atoms with van der Waals surface area (Å²) in [6.07, 6.45) is 9.80. The maximum Gasteiger partial charge on any atom is 0.257 e. The van der Waals surface area contributed by atoms with Crippen LogP contribution in [0.4, 0.5) is 5.82 Å². The van der Waals surface area contributed by atoms with Crippen molar-refractivity contribution in [3.8, 4) is 5.82 Å². The second-order valence-corrected chi connectivity index (χ2v) is 5.50. The molecule has 8 nitrogen and oxygen atoms in total. The van der Waals surface area contributed by atoms with Gasteiger partial charge in [0.05, 0.1) is 11.8 Å². The summed E-state index contributed by atoms with van der Waals surface area (Å²) in [5, 5.41) is 0. The zero-order chi connectivity index (χ0) is 16.4. The van der Waals surface area contributed by atoms with E-state index in [9.17, 15) is 4.79 Å². The largest absolute Gasteiger partial charge is 0.472 e. The number of imidazole rings is 1. The summed E-state index contributed by atoms with van der Waals surface area (Å²) >= 11 is 0. The molecular formula is C16H16N6O2. The van der Waals surface area contributed by atoms with Gasteiger partial charge in [0, 0.05) is 44.6 Å². The first-order valence-corrected chi connectivity index (χ1v) is 7.68. The molecule has 1 aliphatic heterocycles. The summed E-state index contributed by atoms with van der Waals surface area (Å²) in [7, 11) is 0. The summed E-state index contributed by atoms with van der Waals surface area (Å²) in [5.74, 6) is 1.63. The van der Waals surface area contributed by atoms with Crippen molar-refractivity contribution in [1.29, 1.82) is 0 Å². The van der Waals surface area contributed by atoms with Crippen LogP contribution in [0.25, 0.3) is 5.82 Å².